The van der Waals surface area contributed by atoms with E-state index in [0.29, 0.717) is 0 Å². The number of hydrogen-bond donors (Lipinski definition) is 1. The van der Waals surface area contributed by atoms with Gasteiger partial charge in [-0.1, -0.05) is 186 Å². The van der Waals surface area contributed by atoms with Crippen LogP contribution in [0.5, 0.6) is 0 Å². The zero-order valence-corrected chi connectivity index (χ0v) is 50.6. The summed E-state index contributed by atoms with van der Waals surface area (Å²) >= 11 is 3.43. The Morgan fingerprint density at radius 3 is 1.08 bits per heavy atom. The normalized spacial score (nSPS) is 11.8. The van der Waals surface area contributed by atoms with Crippen molar-refractivity contribution in [2.24, 2.45) is 0 Å². The van der Waals surface area contributed by atoms with Crippen molar-refractivity contribution in [1.82, 2.24) is 18.7 Å². The molecule has 0 fully saturated rings. The SMILES string of the molecule is Brc1ccc2c(c1)oc1ccccc12.c1ccc(-n2c3ccccc3c3cc(-c4ccc5[nH]c6ccccc6c5c4)ccc32)cc1.c1ccc(-n2c3ccccc3c3cc(-c4ccc5c(c4)c4ccccc4n5-c4ccc5c(c4)oc4ccccc45)ccc32)cc1. The number of halogens is 1. The Kier molecular flexibility index (Phi) is 12.3. The van der Waals surface area contributed by atoms with Crippen molar-refractivity contribution in [2.75, 3.05) is 0 Å². The number of benzene rings is 14. The maximum atomic E-state index is 6.27. The highest BCUT2D eigenvalue weighted by atomic mass is 79.9. The number of H-pyrrole nitrogens is 1. The van der Waals surface area contributed by atoms with Crippen molar-refractivity contribution in [3.05, 3.63) is 320 Å². The Balaban J connectivity index is 0.000000115. The van der Waals surface area contributed by atoms with Crippen molar-refractivity contribution in [3.8, 4) is 39.3 Å². The van der Waals surface area contributed by atoms with E-state index < -0.39 is 0 Å². The highest BCUT2D eigenvalue weighted by Gasteiger charge is 2.19. The fraction of sp³-hybridized carbons (Fsp3) is 0. The van der Waals surface area contributed by atoms with Crippen LogP contribution in [-0.4, -0.2) is 18.7 Å². The molecule has 7 heteroatoms. The first-order valence-electron chi connectivity index (χ1n) is 30.7. The first-order valence-corrected chi connectivity index (χ1v) is 31.5. The van der Waals surface area contributed by atoms with Gasteiger partial charge in [-0.05, 0) is 162 Å². The molecule has 6 heterocycles. The van der Waals surface area contributed by atoms with Gasteiger partial charge in [0.1, 0.15) is 22.3 Å². The van der Waals surface area contributed by atoms with Crippen molar-refractivity contribution in [3.63, 3.8) is 0 Å². The van der Waals surface area contributed by atoms with E-state index in [1.54, 1.807) is 0 Å². The first-order chi connectivity index (χ1) is 45.0. The van der Waals surface area contributed by atoms with Gasteiger partial charge < -0.3 is 27.5 Å². The van der Waals surface area contributed by atoms with Crippen LogP contribution in [0.15, 0.2) is 329 Å². The van der Waals surface area contributed by atoms with Gasteiger partial charge in [-0.15, -0.1) is 0 Å². The Morgan fingerprint density at radius 2 is 0.571 bits per heavy atom. The highest BCUT2D eigenvalue weighted by molar-refractivity contribution is 9.10. The minimum atomic E-state index is 0.902. The van der Waals surface area contributed by atoms with Crippen LogP contribution < -0.4 is 0 Å². The molecule has 0 unspecified atom stereocenters. The molecule has 0 aliphatic heterocycles. The van der Waals surface area contributed by atoms with Crippen molar-refractivity contribution < 1.29 is 8.83 Å². The molecular weight excluding hydrogens is 1180 g/mol. The zero-order chi connectivity index (χ0) is 60.1. The van der Waals surface area contributed by atoms with Crippen LogP contribution in [0.4, 0.5) is 0 Å². The number of aromatic nitrogens is 4. The van der Waals surface area contributed by atoms with Gasteiger partial charge in [0.05, 0.1) is 33.1 Å². The summed E-state index contributed by atoms with van der Waals surface area (Å²) in [6.45, 7) is 0. The number of fused-ring (bicyclic) bond motifs is 18. The Hall–Kier alpha value is -11.6. The molecule has 20 aromatic rings. The number of para-hydroxylation sites is 8. The van der Waals surface area contributed by atoms with Crippen LogP contribution in [0.25, 0.3) is 170 Å². The van der Waals surface area contributed by atoms with Crippen LogP contribution >= 0.6 is 15.9 Å². The number of rotatable bonds is 5. The molecule has 0 saturated carbocycles. The zero-order valence-electron chi connectivity index (χ0n) is 49.1. The van der Waals surface area contributed by atoms with Gasteiger partial charge >= 0.3 is 0 Å². The molecule has 428 valence electrons. The predicted octanol–water partition coefficient (Wildman–Crippen LogP) is 23.9. The largest absolute Gasteiger partial charge is 0.456 e. The van der Waals surface area contributed by atoms with Gasteiger partial charge in [0.25, 0.3) is 0 Å². The molecule has 0 saturated heterocycles. The number of nitrogens with one attached hydrogen (secondary N) is 1. The third-order valence-corrected chi connectivity index (χ3v) is 18.7. The third-order valence-electron chi connectivity index (χ3n) is 18.2. The summed E-state index contributed by atoms with van der Waals surface area (Å²) in [5.74, 6) is 0. The van der Waals surface area contributed by atoms with E-state index in [2.05, 4.69) is 308 Å². The molecule has 0 atom stereocenters. The van der Waals surface area contributed by atoms with E-state index in [4.69, 9.17) is 8.83 Å². The van der Waals surface area contributed by atoms with Crippen LogP contribution in [-0.2, 0) is 0 Å². The quantitative estimate of drug-likeness (QED) is 0.187. The molecular formula is C84H53BrN4O2. The van der Waals surface area contributed by atoms with Crippen molar-refractivity contribution >= 4 is 147 Å². The molecule has 0 spiro atoms. The molecule has 0 amide bonds. The number of aromatic amines is 1. The summed E-state index contributed by atoms with van der Waals surface area (Å²) in [6.07, 6.45) is 0. The van der Waals surface area contributed by atoms with Crippen LogP contribution in [0.1, 0.15) is 0 Å². The van der Waals surface area contributed by atoms with E-state index in [1.165, 1.54) is 132 Å². The second-order valence-electron chi connectivity index (χ2n) is 23.4. The fourth-order valence-corrected chi connectivity index (χ4v) is 14.4. The predicted molar refractivity (Wildman–Crippen MR) is 385 cm³/mol. The lowest BCUT2D eigenvalue weighted by atomic mass is 10.0. The standard InChI is InChI=1S/C42H26N2O.C30H20N2.C12H7BrO/c1-2-10-29(11-3-1)43-37-15-7-4-12-31(37)35-24-27(18-22-39(35)43)28-19-23-40-36(25-28)32-13-5-8-16-38(32)44(40)30-20-21-34-33-14-6-9-17-41(33)45-42(34)26-30;1-2-8-22(9-3-1)32-29-13-7-5-11-24(29)26-19-21(15-17-30(26)32)20-14-16-28-25(18-20)23-10-4-6-12-27(23)31-28;13-8-5-6-10-9-3-1-2-4-11(9)14-12(10)7-8/h1-26H;1-19,31H;1-7H. The van der Waals surface area contributed by atoms with E-state index in [9.17, 15) is 0 Å². The number of hydrogen-bond acceptors (Lipinski definition) is 2. The average molecular weight is 1230 g/mol. The maximum Gasteiger partial charge on any atom is 0.137 e. The van der Waals surface area contributed by atoms with E-state index in [-0.39, 0.29) is 0 Å². The van der Waals surface area contributed by atoms with Crippen molar-refractivity contribution in [1.29, 1.82) is 0 Å². The summed E-state index contributed by atoms with van der Waals surface area (Å²) in [4.78, 5) is 3.53. The molecule has 91 heavy (non-hydrogen) atoms. The van der Waals surface area contributed by atoms with Crippen LogP contribution in [0.3, 0.4) is 0 Å². The van der Waals surface area contributed by atoms with E-state index in [0.717, 1.165) is 43.3 Å². The van der Waals surface area contributed by atoms with Gasteiger partial charge in [0.15, 0.2) is 0 Å². The topological polar surface area (TPSA) is 56.9 Å². The average Bonchev–Trinajstić information content (AvgIpc) is 1.65. The van der Waals surface area contributed by atoms with Gasteiger partial charge in [-0.3, -0.25) is 0 Å². The molecule has 0 aliphatic carbocycles. The minimum Gasteiger partial charge on any atom is -0.456 e. The molecule has 1 N–H and O–H groups in total. The van der Waals surface area contributed by atoms with Crippen molar-refractivity contribution in [2.45, 2.75) is 0 Å². The number of furan rings is 2. The van der Waals surface area contributed by atoms with Gasteiger partial charge in [-0.2, -0.15) is 0 Å². The van der Waals surface area contributed by atoms with E-state index in [1.807, 2.05) is 42.5 Å². The summed E-state index contributed by atoms with van der Waals surface area (Å²) in [7, 11) is 0. The Labute approximate surface area is 530 Å². The second kappa shape index (κ2) is 21.3. The smallest absolute Gasteiger partial charge is 0.137 e. The Morgan fingerprint density at radius 1 is 0.220 bits per heavy atom. The maximum absolute atomic E-state index is 6.27. The highest BCUT2D eigenvalue weighted by Crippen LogP contribution is 2.41. The second-order valence-corrected chi connectivity index (χ2v) is 24.3. The molecule has 6 aromatic heterocycles. The molecule has 14 aromatic carbocycles. The lowest BCUT2D eigenvalue weighted by Crippen LogP contribution is -1.93. The Bertz CT molecular complexity index is 6240. The molecule has 6 nitrogen and oxygen atoms in total. The van der Waals surface area contributed by atoms with Crippen LogP contribution in [0.2, 0.25) is 0 Å². The van der Waals surface area contributed by atoms with Gasteiger partial charge in [0, 0.05) is 103 Å². The van der Waals surface area contributed by atoms with E-state index >= 15 is 0 Å². The van der Waals surface area contributed by atoms with Crippen LogP contribution in [0, 0.1) is 0 Å². The number of nitrogens with zero attached hydrogens (tertiary/aromatic N) is 3. The fourth-order valence-electron chi connectivity index (χ4n) is 14.0. The third kappa shape index (κ3) is 8.76. The summed E-state index contributed by atoms with van der Waals surface area (Å²) in [5.41, 5.74) is 21.7. The molecule has 0 bridgehead atoms. The summed E-state index contributed by atoms with van der Waals surface area (Å²) < 4.78 is 20.1. The minimum absolute atomic E-state index is 0.902. The molecule has 0 radical (unpaired) electrons. The molecule has 0 aliphatic rings. The summed E-state index contributed by atoms with van der Waals surface area (Å²) in [5, 5.41) is 14.7. The summed E-state index contributed by atoms with van der Waals surface area (Å²) in [6, 6.07) is 112. The lowest BCUT2D eigenvalue weighted by Gasteiger charge is -2.09. The monoisotopic (exact) mass is 1230 g/mol. The van der Waals surface area contributed by atoms with Gasteiger partial charge in [-0.25, -0.2) is 0 Å². The lowest BCUT2D eigenvalue weighted by molar-refractivity contribution is 0.668. The first kappa shape index (κ1) is 52.5. The van der Waals surface area contributed by atoms with Gasteiger partial charge in [0.2, 0.25) is 0 Å². The molecule has 20 rings (SSSR count).